The molecule has 0 saturated carbocycles. The number of rotatable bonds is 4. The van der Waals surface area contributed by atoms with Gasteiger partial charge in [0.1, 0.15) is 0 Å². The maximum absolute atomic E-state index is 10.6. The van der Waals surface area contributed by atoms with Crippen LogP contribution >= 0.6 is 0 Å². The summed E-state index contributed by atoms with van der Waals surface area (Å²) >= 11 is 0. The van der Waals surface area contributed by atoms with Crippen LogP contribution in [0, 0.1) is 6.92 Å². The lowest BCUT2D eigenvalue weighted by Crippen LogP contribution is -2.43. The SMILES string of the molecule is Cc1c(C(=O)O)cccc1C(=O)O.NCc1ccc(N2CCNCC2)cc1. The zero-order valence-electron chi connectivity index (χ0n) is 15.3. The lowest BCUT2D eigenvalue weighted by molar-refractivity contribution is 0.0696. The molecule has 0 bridgehead atoms. The molecule has 0 aliphatic carbocycles. The van der Waals surface area contributed by atoms with Crippen LogP contribution in [0.2, 0.25) is 0 Å². The van der Waals surface area contributed by atoms with Gasteiger partial charge in [0.25, 0.3) is 0 Å². The number of nitrogens with zero attached hydrogens (tertiary/aromatic N) is 1. The van der Waals surface area contributed by atoms with Crippen LogP contribution in [0.25, 0.3) is 0 Å². The third-order valence-electron chi connectivity index (χ3n) is 4.45. The number of carboxylic acids is 2. The molecule has 27 heavy (non-hydrogen) atoms. The monoisotopic (exact) mass is 371 g/mol. The van der Waals surface area contributed by atoms with E-state index in [1.807, 2.05) is 0 Å². The van der Waals surface area contributed by atoms with Gasteiger partial charge in [-0.15, -0.1) is 0 Å². The lowest BCUT2D eigenvalue weighted by Gasteiger charge is -2.29. The van der Waals surface area contributed by atoms with E-state index in [2.05, 4.69) is 34.5 Å². The molecular formula is C20H25N3O4. The van der Waals surface area contributed by atoms with Gasteiger partial charge < -0.3 is 26.2 Å². The lowest BCUT2D eigenvalue weighted by atomic mass is 10.0. The highest BCUT2D eigenvalue weighted by Gasteiger charge is 2.13. The minimum Gasteiger partial charge on any atom is -0.478 e. The standard InChI is InChI=1S/C11H17N3.C9H8O4/c12-9-10-1-3-11(4-2-10)14-7-5-13-6-8-14;1-5-6(8(10)11)3-2-4-7(5)9(12)13/h1-4,13H,5-9,12H2;2-4H,1H3,(H,10,11)(H,12,13). The van der Waals surface area contributed by atoms with Gasteiger partial charge in [-0.2, -0.15) is 0 Å². The molecule has 0 aromatic heterocycles. The van der Waals surface area contributed by atoms with E-state index >= 15 is 0 Å². The third-order valence-corrected chi connectivity index (χ3v) is 4.45. The highest BCUT2D eigenvalue weighted by Crippen LogP contribution is 2.15. The molecule has 1 aliphatic rings. The van der Waals surface area contributed by atoms with Crippen molar-refractivity contribution in [3.05, 3.63) is 64.7 Å². The number of hydrogen-bond donors (Lipinski definition) is 4. The van der Waals surface area contributed by atoms with Gasteiger partial charge in [-0.3, -0.25) is 0 Å². The summed E-state index contributed by atoms with van der Waals surface area (Å²) in [5.41, 5.74) is 8.40. The second-order valence-electron chi connectivity index (χ2n) is 6.20. The Morgan fingerprint density at radius 3 is 1.96 bits per heavy atom. The van der Waals surface area contributed by atoms with Crippen molar-refractivity contribution in [2.45, 2.75) is 13.5 Å². The summed E-state index contributed by atoms with van der Waals surface area (Å²) in [5.74, 6) is -2.22. The average Bonchev–Trinajstić information content (AvgIpc) is 2.69. The van der Waals surface area contributed by atoms with E-state index in [0.29, 0.717) is 6.54 Å². The summed E-state index contributed by atoms with van der Waals surface area (Å²) < 4.78 is 0. The summed E-state index contributed by atoms with van der Waals surface area (Å²) in [6, 6.07) is 12.7. The van der Waals surface area contributed by atoms with Crippen LogP contribution < -0.4 is 16.0 Å². The number of carbonyl (C=O) groups is 2. The van der Waals surface area contributed by atoms with Crippen molar-refractivity contribution < 1.29 is 19.8 Å². The minimum absolute atomic E-state index is 0.0277. The smallest absolute Gasteiger partial charge is 0.335 e. The van der Waals surface area contributed by atoms with Crippen LogP contribution in [-0.2, 0) is 6.54 Å². The first-order valence-electron chi connectivity index (χ1n) is 8.75. The molecule has 7 nitrogen and oxygen atoms in total. The highest BCUT2D eigenvalue weighted by atomic mass is 16.4. The van der Waals surface area contributed by atoms with Crippen LogP contribution in [0.4, 0.5) is 5.69 Å². The molecule has 3 rings (SSSR count). The van der Waals surface area contributed by atoms with Gasteiger partial charge in [0.15, 0.2) is 0 Å². The Labute approximate surface area is 158 Å². The normalized spacial score (nSPS) is 13.5. The van der Waals surface area contributed by atoms with Gasteiger partial charge in [-0.05, 0) is 42.3 Å². The van der Waals surface area contributed by atoms with Gasteiger partial charge in [-0.25, -0.2) is 9.59 Å². The zero-order valence-corrected chi connectivity index (χ0v) is 15.3. The van der Waals surface area contributed by atoms with Crippen molar-refractivity contribution in [1.82, 2.24) is 5.32 Å². The molecule has 0 spiro atoms. The summed E-state index contributed by atoms with van der Waals surface area (Å²) in [6.45, 7) is 6.47. The van der Waals surface area contributed by atoms with Crippen molar-refractivity contribution in [2.24, 2.45) is 5.73 Å². The van der Waals surface area contributed by atoms with Crippen molar-refractivity contribution in [3.8, 4) is 0 Å². The van der Waals surface area contributed by atoms with E-state index in [4.69, 9.17) is 15.9 Å². The van der Waals surface area contributed by atoms with Gasteiger partial charge in [0.05, 0.1) is 11.1 Å². The largest absolute Gasteiger partial charge is 0.478 e. The summed E-state index contributed by atoms with van der Waals surface area (Å²) in [4.78, 5) is 23.6. The minimum atomic E-state index is -1.11. The number of nitrogens with one attached hydrogen (secondary N) is 1. The fraction of sp³-hybridized carbons (Fsp3) is 0.300. The van der Waals surface area contributed by atoms with Crippen LogP contribution in [0.1, 0.15) is 31.8 Å². The molecule has 1 saturated heterocycles. The molecule has 1 heterocycles. The predicted octanol–water partition coefficient (Wildman–Crippen LogP) is 1.95. The van der Waals surface area contributed by atoms with Crippen molar-refractivity contribution in [2.75, 3.05) is 31.1 Å². The number of piperazine rings is 1. The first kappa shape index (κ1) is 20.4. The Balaban J connectivity index is 0.000000194. The molecule has 0 radical (unpaired) electrons. The van der Waals surface area contributed by atoms with E-state index in [1.165, 1.54) is 36.4 Å². The number of hydrogen-bond acceptors (Lipinski definition) is 5. The number of aromatic carboxylic acids is 2. The Morgan fingerprint density at radius 2 is 1.52 bits per heavy atom. The molecule has 144 valence electrons. The third kappa shape index (κ3) is 5.54. The number of benzene rings is 2. The molecular weight excluding hydrogens is 346 g/mol. The van der Waals surface area contributed by atoms with Gasteiger partial charge >= 0.3 is 11.9 Å². The highest BCUT2D eigenvalue weighted by molar-refractivity contribution is 5.96. The number of carboxylic acid groups (broad SMARTS) is 2. The summed E-state index contributed by atoms with van der Waals surface area (Å²) in [7, 11) is 0. The van der Waals surface area contributed by atoms with Crippen molar-refractivity contribution in [3.63, 3.8) is 0 Å². The van der Waals surface area contributed by atoms with Crippen molar-refractivity contribution >= 4 is 17.6 Å². The van der Waals surface area contributed by atoms with Crippen LogP contribution in [0.15, 0.2) is 42.5 Å². The zero-order chi connectivity index (χ0) is 19.8. The number of nitrogens with two attached hydrogens (primary N) is 1. The van der Waals surface area contributed by atoms with Gasteiger partial charge in [0, 0.05) is 38.4 Å². The Bertz CT molecular complexity index is 752. The molecule has 7 heteroatoms. The first-order chi connectivity index (χ1) is 12.9. The van der Waals surface area contributed by atoms with Crippen LogP contribution in [0.5, 0.6) is 0 Å². The van der Waals surface area contributed by atoms with E-state index in [9.17, 15) is 9.59 Å². The van der Waals surface area contributed by atoms with Gasteiger partial charge in [-0.1, -0.05) is 18.2 Å². The Hall–Kier alpha value is -2.90. The molecule has 0 atom stereocenters. The second kappa shape index (κ2) is 9.70. The summed E-state index contributed by atoms with van der Waals surface area (Å²) in [6.07, 6.45) is 0. The molecule has 2 aromatic rings. The molecule has 2 aromatic carbocycles. The molecule has 1 aliphatic heterocycles. The Kier molecular flexibility index (Phi) is 7.34. The van der Waals surface area contributed by atoms with Crippen LogP contribution in [0.3, 0.4) is 0 Å². The second-order valence-corrected chi connectivity index (χ2v) is 6.20. The molecule has 1 fully saturated rings. The average molecular weight is 371 g/mol. The van der Waals surface area contributed by atoms with E-state index in [1.54, 1.807) is 0 Å². The van der Waals surface area contributed by atoms with E-state index < -0.39 is 11.9 Å². The van der Waals surface area contributed by atoms with E-state index in [-0.39, 0.29) is 16.7 Å². The molecule has 0 amide bonds. The maximum Gasteiger partial charge on any atom is 0.335 e. The van der Waals surface area contributed by atoms with E-state index in [0.717, 1.165) is 26.2 Å². The fourth-order valence-electron chi connectivity index (χ4n) is 2.86. The number of anilines is 1. The summed E-state index contributed by atoms with van der Waals surface area (Å²) in [5, 5.41) is 20.7. The molecule has 5 N–H and O–H groups in total. The first-order valence-corrected chi connectivity index (χ1v) is 8.75. The fourth-order valence-corrected chi connectivity index (χ4v) is 2.86. The topological polar surface area (TPSA) is 116 Å². The Morgan fingerprint density at radius 1 is 1.00 bits per heavy atom. The maximum atomic E-state index is 10.6. The van der Waals surface area contributed by atoms with Crippen molar-refractivity contribution in [1.29, 1.82) is 0 Å². The predicted molar refractivity (Wildman–Crippen MR) is 105 cm³/mol. The molecule has 0 unspecified atom stereocenters. The van der Waals surface area contributed by atoms with Gasteiger partial charge in [0.2, 0.25) is 0 Å². The quantitative estimate of drug-likeness (QED) is 0.649. The van der Waals surface area contributed by atoms with Crippen LogP contribution in [-0.4, -0.2) is 48.3 Å².